The van der Waals surface area contributed by atoms with E-state index in [-0.39, 0.29) is 21.8 Å². The Hall–Kier alpha value is -3.33. The number of hydrogen-bond donors (Lipinski definition) is 2. The van der Waals surface area contributed by atoms with E-state index in [0.717, 1.165) is 25.7 Å². The van der Waals surface area contributed by atoms with E-state index in [1.54, 1.807) is 29.2 Å². The van der Waals surface area contributed by atoms with Gasteiger partial charge in [0.1, 0.15) is 11.3 Å². The van der Waals surface area contributed by atoms with E-state index in [4.69, 9.17) is 4.74 Å². The van der Waals surface area contributed by atoms with Crippen molar-refractivity contribution >= 4 is 32.5 Å². The predicted molar refractivity (Wildman–Crippen MR) is 134 cm³/mol. The lowest BCUT2D eigenvalue weighted by Gasteiger charge is -2.22. The molecule has 0 bridgehead atoms. The lowest BCUT2D eigenvalue weighted by atomic mass is 10.1. The summed E-state index contributed by atoms with van der Waals surface area (Å²) in [5, 5.41) is 0.144. The van der Waals surface area contributed by atoms with E-state index in [2.05, 4.69) is 9.71 Å². The summed E-state index contributed by atoms with van der Waals surface area (Å²) in [7, 11) is -2.48. The fraction of sp³-hybridized carbons (Fsp3) is 0.360. The minimum atomic E-state index is -3.97. The van der Waals surface area contributed by atoms with Gasteiger partial charge in [-0.3, -0.25) is 14.3 Å². The van der Waals surface area contributed by atoms with E-state index in [1.807, 2.05) is 13.8 Å². The second-order valence-electron chi connectivity index (χ2n) is 8.08. The van der Waals surface area contributed by atoms with Crippen molar-refractivity contribution in [2.45, 2.75) is 44.4 Å². The molecule has 0 aliphatic heterocycles. The largest absolute Gasteiger partial charge is 0.497 e. The Morgan fingerprint density at radius 2 is 1.76 bits per heavy atom. The maximum atomic E-state index is 13.2. The molecular weight excluding hydrogens is 454 g/mol. The van der Waals surface area contributed by atoms with Crippen LogP contribution >= 0.6 is 0 Å². The number of H-pyrrole nitrogens is 1. The fourth-order valence-electron chi connectivity index (χ4n) is 3.61. The predicted octanol–water partition coefficient (Wildman–Crippen LogP) is 4.38. The average Bonchev–Trinajstić information content (AvgIpc) is 2.83. The Morgan fingerprint density at radius 1 is 1.06 bits per heavy atom. The highest BCUT2D eigenvalue weighted by Crippen LogP contribution is 2.22. The molecule has 1 heterocycles. The highest BCUT2D eigenvalue weighted by Gasteiger charge is 2.21. The molecule has 2 aromatic carbocycles. The zero-order valence-corrected chi connectivity index (χ0v) is 20.6. The van der Waals surface area contributed by atoms with Crippen molar-refractivity contribution in [3.8, 4) is 5.75 Å². The number of ether oxygens (including phenoxy) is 1. The minimum Gasteiger partial charge on any atom is -0.497 e. The van der Waals surface area contributed by atoms with Crippen molar-refractivity contribution in [3.05, 3.63) is 64.4 Å². The van der Waals surface area contributed by atoms with Crippen LogP contribution < -0.4 is 14.9 Å². The fourth-order valence-corrected chi connectivity index (χ4v) is 4.68. The number of aromatic nitrogens is 1. The third kappa shape index (κ3) is 5.77. The Kier molecular flexibility index (Phi) is 8.33. The molecule has 8 nitrogen and oxygen atoms in total. The number of hydrogen-bond acceptors (Lipinski definition) is 5. The molecule has 2 N–H and O–H groups in total. The number of nitrogens with one attached hydrogen (secondary N) is 2. The Morgan fingerprint density at radius 3 is 2.41 bits per heavy atom. The Balaban J connectivity index is 1.97. The van der Waals surface area contributed by atoms with Gasteiger partial charge in [0, 0.05) is 36.3 Å². The summed E-state index contributed by atoms with van der Waals surface area (Å²) in [5.74, 6) is 0.168. The normalized spacial score (nSPS) is 11.4. The first-order chi connectivity index (χ1) is 16.3. The van der Waals surface area contributed by atoms with Gasteiger partial charge >= 0.3 is 0 Å². The number of benzene rings is 2. The number of fused-ring (bicyclic) bond motifs is 1. The summed E-state index contributed by atoms with van der Waals surface area (Å²) in [5.41, 5.74) is 0.306. The molecule has 182 valence electrons. The van der Waals surface area contributed by atoms with Crippen molar-refractivity contribution < 1.29 is 17.9 Å². The number of sulfonamides is 1. The van der Waals surface area contributed by atoms with Crippen molar-refractivity contribution in [1.29, 1.82) is 0 Å². The standard InChI is InChI=1S/C25H31N3O5S/c1-4-6-13-28(14-7-5-2)25(30)22-17-26-23-12-11-20(16-21(23)24(22)29)34(31,32)27-18-9-8-10-19(15-18)33-3/h8-12,15-17,27H,4-7,13-14H2,1-3H3,(H,26,29). The second kappa shape index (κ2) is 11.2. The molecule has 3 rings (SSSR count). The summed E-state index contributed by atoms with van der Waals surface area (Å²) in [6, 6.07) is 10.8. The number of nitrogens with zero attached hydrogens (tertiary/aromatic N) is 1. The molecule has 0 radical (unpaired) electrons. The summed E-state index contributed by atoms with van der Waals surface area (Å²) in [6.07, 6.45) is 4.98. The highest BCUT2D eigenvalue weighted by molar-refractivity contribution is 7.92. The number of unbranched alkanes of at least 4 members (excludes halogenated alkanes) is 2. The molecule has 0 unspecified atom stereocenters. The second-order valence-corrected chi connectivity index (χ2v) is 9.76. The first-order valence-corrected chi connectivity index (χ1v) is 12.9. The quantitative estimate of drug-likeness (QED) is 0.419. The van der Waals surface area contributed by atoms with Crippen LogP contribution in [0.15, 0.2) is 58.4 Å². The molecule has 0 fully saturated rings. The maximum absolute atomic E-state index is 13.2. The van der Waals surface area contributed by atoms with Crippen LogP contribution in [0.5, 0.6) is 5.75 Å². The molecule has 34 heavy (non-hydrogen) atoms. The summed E-state index contributed by atoms with van der Waals surface area (Å²) >= 11 is 0. The van der Waals surface area contributed by atoms with Gasteiger partial charge in [-0.1, -0.05) is 32.8 Å². The van der Waals surface area contributed by atoms with Gasteiger partial charge in [-0.2, -0.15) is 0 Å². The molecule has 0 spiro atoms. The van der Waals surface area contributed by atoms with Gasteiger partial charge in [0.25, 0.3) is 15.9 Å². The third-order valence-corrected chi connectivity index (χ3v) is 6.94. The van der Waals surface area contributed by atoms with E-state index in [0.29, 0.717) is 30.0 Å². The number of methoxy groups -OCH3 is 1. The average molecular weight is 486 g/mol. The number of carbonyl (C=O) groups excluding carboxylic acids is 1. The van der Waals surface area contributed by atoms with Crippen LogP contribution in [0.25, 0.3) is 10.9 Å². The monoisotopic (exact) mass is 485 g/mol. The van der Waals surface area contributed by atoms with Gasteiger partial charge in [0.15, 0.2) is 0 Å². The summed E-state index contributed by atoms with van der Waals surface area (Å²) < 4.78 is 33.6. The van der Waals surface area contributed by atoms with Crippen molar-refractivity contribution in [1.82, 2.24) is 9.88 Å². The molecule has 1 amide bonds. The van der Waals surface area contributed by atoms with Crippen LogP contribution in [0.3, 0.4) is 0 Å². The third-order valence-electron chi connectivity index (χ3n) is 5.57. The topological polar surface area (TPSA) is 109 Å². The van der Waals surface area contributed by atoms with Crippen LogP contribution in [0.2, 0.25) is 0 Å². The molecule has 0 aliphatic rings. The number of rotatable bonds is 11. The van der Waals surface area contributed by atoms with Crippen LogP contribution in [-0.2, 0) is 10.0 Å². The Labute approximate surface area is 200 Å². The molecule has 0 saturated carbocycles. The molecule has 9 heteroatoms. The van der Waals surface area contributed by atoms with Crippen LogP contribution in [-0.4, -0.2) is 44.4 Å². The van der Waals surface area contributed by atoms with Gasteiger partial charge in [0.2, 0.25) is 5.43 Å². The number of aromatic amines is 1. The molecule has 1 aromatic heterocycles. The molecule has 0 atom stereocenters. The summed E-state index contributed by atoms with van der Waals surface area (Å²) in [4.78, 5) is 31.0. The van der Waals surface area contributed by atoms with Crippen molar-refractivity contribution in [3.63, 3.8) is 0 Å². The number of amides is 1. The van der Waals surface area contributed by atoms with E-state index >= 15 is 0 Å². The lowest BCUT2D eigenvalue weighted by molar-refractivity contribution is 0.0749. The SMILES string of the molecule is CCCCN(CCCC)C(=O)c1c[nH]c2ccc(S(=O)(=O)Nc3cccc(OC)c3)cc2c1=O. The van der Waals surface area contributed by atoms with Gasteiger partial charge in [-0.15, -0.1) is 0 Å². The molecule has 3 aromatic rings. The van der Waals surface area contributed by atoms with Crippen LogP contribution in [0.1, 0.15) is 49.9 Å². The Bertz CT molecular complexity index is 1310. The van der Waals surface area contributed by atoms with E-state index in [9.17, 15) is 18.0 Å². The molecular formula is C25H31N3O5S. The van der Waals surface area contributed by atoms with E-state index < -0.39 is 15.5 Å². The van der Waals surface area contributed by atoms with Gasteiger partial charge < -0.3 is 14.6 Å². The van der Waals surface area contributed by atoms with Crippen molar-refractivity contribution in [2.75, 3.05) is 24.9 Å². The molecule has 0 aliphatic carbocycles. The van der Waals surface area contributed by atoms with Crippen LogP contribution in [0.4, 0.5) is 5.69 Å². The lowest BCUT2D eigenvalue weighted by Crippen LogP contribution is -2.36. The smallest absolute Gasteiger partial charge is 0.261 e. The first-order valence-electron chi connectivity index (χ1n) is 11.4. The number of carbonyl (C=O) groups is 1. The van der Waals surface area contributed by atoms with Crippen LogP contribution in [0, 0.1) is 0 Å². The van der Waals surface area contributed by atoms with E-state index in [1.165, 1.54) is 31.5 Å². The van der Waals surface area contributed by atoms with Gasteiger partial charge in [0.05, 0.1) is 17.7 Å². The zero-order chi connectivity index (χ0) is 24.7. The maximum Gasteiger partial charge on any atom is 0.261 e. The number of pyridine rings is 1. The number of anilines is 1. The van der Waals surface area contributed by atoms with Crippen molar-refractivity contribution in [2.24, 2.45) is 0 Å². The summed E-state index contributed by atoms with van der Waals surface area (Å²) in [6.45, 7) is 5.25. The van der Waals surface area contributed by atoms with Gasteiger partial charge in [-0.25, -0.2) is 8.42 Å². The zero-order valence-electron chi connectivity index (χ0n) is 19.8. The first kappa shape index (κ1) is 25.3. The molecule has 0 saturated heterocycles. The minimum absolute atomic E-state index is 0.00927. The van der Waals surface area contributed by atoms with Gasteiger partial charge in [-0.05, 0) is 43.2 Å². The highest BCUT2D eigenvalue weighted by atomic mass is 32.2.